The first-order chi connectivity index (χ1) is 7.52. The van der Waals surface area contributed by atoms with E-state index in [2.05, 4.69) is 5.32 Å². The summed E-state index contributed by atoms with van der Waals surface area (Å²) in [4.78, 5) is 22.1. The van der Waals surface area contributed by atoms with Gasteiger partial charge in [-0.25, -0.2) is 4.79 Å². The normalized spacial score (nSPS) is 14.2. The average Bonchev–Trinajstić information content (AvgIpc) is 2.24. The molecular formula is C9H18N2O4S. The number of nitrogens with two attached hydrogens (primary N) is 1. The van der Waals surface area contributed by atoms with Crippen LogP contribution in [0.1, 0.15) is 12.8 Å². The molecule has 0 saturated heterocycles. The molecular weight excluding hydrogens is 232 g/mol. The summed E-state index contributed by atoms with van der Waals surface area (Å²) in [6, 6.07) is -1.77. The molecule has 0 spiro atoms. The molecule has 0 aromatic carbocycles. The van der Waals surface area contributed by atoms with E-state index in [1.165, 1.54) is 0 Å². The van der Waals surface area contributed by atoms with Crippen LogP contribution >= 0.6 is 11.8 Å². The van der Waals surface area contributed by atoms with Gasteiger partial charge in [0.15, 0.2) is 0 Å². The fourth-order valence-corrected chi connectivity index (χ4v) is 1.53. The van der Waals surface area contributed by atoms with Crippen LogP contribution in [0.5, 0.6) is 0 Å². The first kappa shape index (κ1) is 15.2. The van der Waals surface area contributed by atoms with Crippen molar-refractivity contribution in [2.24, 2.45) is 5.73 Å². The number of aliphatic hydroxyl groups excluding tert-OH is 1. The molecule has 0 aliphatic heterocycles. The lowest BCUT2D eigenvalue weighted by Crippen LogP contribution is -2.48. The summed E-state index contributed by atoms with van der Waals surface area (Å²) in [5.41, 5.74) is 5.57. The van der Waals surface area contributed by atoms with Crippen LogP contribution in [0.15, 0.2) is 0 Å². The number of nitrogens with one attached hydrogen (secondary N) is 1. The van der Waals surface area contributed by atoms with Gasteiger partial charge in [0.25, 0.3) is 0 Å². The van der Waals surface area contributed by atoms with Gasteiger partial charge in [-0.1, -0.05) is 0 Å². The molecule has 94 valence electrons. The Bertz CT molecular complexity index is 238. The Kier molecular flexibility index (Phi) is 7.96. The number of rotatable bonds is 8. The maximum Gasteiger partial charge on any atom is 0.326 e. The standard InChI is InChI=1S/C9H18N2O4S/c1-16-5-3-6(10)8(13)11-7(2-4-12)9(14)15/h6-7,12H,2-5,10H2,1H3,(H,11,13)(H,14,15)/t6-,7-/m0/s1. The molecule has 0 bridgehead atoms. The fourth-order valence-electron chi connectivity index (χ4n) is 1.04. The molecule has 5 N–H and O–H groups in total. The Labute approximate surface area is 98.6 Å². The van der Waals surface area contributed by atoms with Crippen molar-refractivity contribution in [1.82, 2.24) is 5.32 Å². The second-order valence-corrected chi connectivity index (χ2v) is 4.29. The average molecular weight is 250 g/mol. The lowest BCUT2D eigenvalue weighted by Gasteiger charge is -2.16. The SMILES string of the molecule is CSCC[C@H](N)C(=O)N[C@@H](CCO)C(=O)O. The molecule has 6 nitrogen and oxygen atoms in total. The third-order valence-corrected chi connectivity index (χ3v) is 2.65. The van der Waals surface area contributed by atoms with Crippen molar-refractivity contribution >= 4 is 23.6 Å². The van der Waals surface area contributed by atoms with Gasteiger partial charge in [-0.05, 0) is 18.4 Å². The predicted octanol–water partition coefficient (Wildman–Crippen LogP) is -0.981. The van der Waals surface area contributed by atoms with Crippen molar-refractivity contribution in [1.29, 1.82) is 0 Å². The zero-order valence-corrected chi connectivity index (χ0v) is 10.00. The van der Waals surface area contributed by atoms with Gasteiger partial charge >= 0.3 is 5.97 Å². The van der Waals surface area contributed by atoms with Crippen LogP contribution in [0.4, 0.5) is 0 Å². The molecule has 0 fully saturated rings. The van der Waals surface area contributed by atoms with Crippen LogP contribution in [0.3, 0.4) is 0 Å². The third kappa shape index (κ3) is 5.94. The Morgan fingerprint density at radius 1 is 1.44 bits per heavy atom. The van der Waals surface area contributed by atoms with Gasteiger partial charge in [0, 0.05) is 13.0 Å². The van der Waals surface area contributed by atoms with Gasteiger partial charge in [-0.2, -0.15) is 11.8 Å². The summed E-state index contributed by atoms with van der Waals surface area (Å²) < 4.78 is 0. The van der Waals surface area contributed by atoms with Gasteiger partial charge < -0.3 is 21.3 Å². The number of hydrogen-bond acceptors (Lipinski definition) is 5. The number of amides is 1. The second-order valence-electron chi connectivity index (χ2n) is 3.30. The zero-order valence-electron chi connectivity index (χ0n) is 9.18. The summed E-state index contributed by atoms with van der Waals surface area (Å²) in [5.74, 6) is -0.916. The minimum Gasteiger partial charge on any atom is -0.480 e. The molecule has 2 atom stereocenters. The maximum atomic E-state index is 11.4. The topological polar surface area (TPSA) is 113 Å². The number of carboxylic acids is 1. The smallest absolute Gasteiger partial charge is 0.326 e. The molecule has 0 radical (unpaired) electrons. The van der Waals surface area contributed by atoms with E-state index in [1.54, 1.807) is 11.8 Å². The van der Waals surface area contributed by atoms with E-state index in [0.29, 0.717) is 6.42 Å². The number of aliphatic hydroxyl groups is 1. The summed E-state index contributed by atoms with van der Waals surface area (Å²) in [6.45, 7) is -0.294. The molecule has 0 unspecified atom stereocenters. The van der Waals surface area contributed by atoms with Gasteiger partial charge in [0.2, 0.25) is 5.91 Å². The molecule has 0 aliphatic carbocycles. The van der Waals surface area contributed by atoms with E-state index < -0.39 is 24.0 Å². The molecule has 1 amide bonds. The number of carboxylic acid groups (broad SMARTS) is 1. The predicted molar refractivity (Wildman–Crippen MR) is 62.2 cm³/mol. The Morgan fingerprint density at radius 3 is 2.50 bits per heavy atom. The van der Waals surface area contributed by atoms with Crippen molar-refractivity contribution in [2.45, 2.75) is 24.9 Å². The van der Waals surface area contributed by atoms with E-state index in [9.17, 15) is 9.59 Å². The lowest BCUT2D eigenvalue weighted by molar-refractivity contribution is -0.142. The quantitative estimate of drug-likeness (QED) is 0.440. The first-order valence-corrected chi connectivity index (χ1v) is 6.30. The van der Waals surface area contributed by atoms with E-state index >= 15 is 0 Å². The molecule has 7 heteroatoms. The van der Waals surface area contributed by atoms with Crippen LogP contribution in [0.2, 0.25) is 0 Å². The third-order valence-electron chi connectivity index (χ3n) is 2.00. The van der Waals surface area contributed by atoms with Gasteiger partial charge in [0.1, 0.15) is 6.04 Å². The summed E-state index contributed by atoms with van der Waals surface area (Å²) in [6.07, 6.45) is 2.38. The Balaban J connectivity index is 4.12. The van der Waals surface area contributed by atoms with Crippen molar-refractivity contribution < 1.29 is 19.8 Å². The van der Waals surface area contributed by atoms with Crippen LogP contribution in [-0.4, -0.2) is 52.8 Å². The Morgan fingerprint density at radius 2 is 2.06 bits per heavy atom. The molecule has 0 rings (SSSR count). The van der Waals surface area contributed by atoms with E-state index in [-0.39, 0.29) is 13.0 Å². The highest BCUT2D eigenvalue weighted by Crippen LogP contribution is 2.00. The first-order valence-electron chi connectivity index (χ1n) is 4.91. The monoisotopic (exact) mass is 250 g/mol. The van der Waals surface area contributed by atoms with Crippen LogP contribution in [0.25, 0.3) is 0 Å². The van der Waals surface area contributed by atoms with Crippen LogP contribution < -0.4 is 11.1 Å². The van der Waals surface area contributed by atoms with Crippen molar-refractivity contribution in [3.8, 4) is 0 Å². The number of hydrogen-bond donors (Lipinski definition) is 4. The maximum absolute atomic E-state index is 11.4. The summed E-state index contributed by atoms with van der Waals surface area (Å²) in [5, 5.41) is 19.7. The highest BCUT2D eigenvalue weighted by Gasteiger charge is 2.22. The highest BCUT2D eigenvalue weighted by molar-refractivity contribution is 7.98. The molecule has 0 aliphatic rings. The molecule has 0 heterocycles. The molecule has 0 saturated carbocycles. The number of aliphatic carboxylic acids is 1. The molecule has 16 heavy (non-hydrogen) atoms. The number of thioether (sulfide) groups is 1. The van der Waals surface area contributed by atoms with E-state index in [1.807, 2.05) is 6.26 Å². The largest absolute Gasteiger partial charge is 0.480 e. The van der Waals surface area contributed by atoms with Crippen LogP contribution in [0, 0.1) is 0 Å². The number of carbonyl (C=O) groups excluding carboxylic acids is 1. The second kappa shape index (κ2) is 8.37. The van der Waals surface area contributed by atoms with Crippen LogP contribution in [-0.2, 0) is 9.59 Å². The van der Waals surface area contributed by atoms with Gasteiger partial charge in [-0.15, -0.1) is 0 Å². The van der Waals surface area contributed by atoms with Crippen molar-refractivity contribution in [3.05, 3.63) is 0 Å². The molecule has 0 aromatic rings. The zero-order chi connectivity index (χ0) is 12.6. The number of carbonyl (C=O) groups is 2. The van der Waals surface area contributed by atoms with Crippen molar-refractivity contribution in [3.63, 3.8) is 0 Å². The minimum atomic E-state index is -1.17. The highest BCUT2D eigenvalue weighted by atomic mass is 32.2. The van der Waals surface area contributed by atoms with E-state index in [0.717, 1.165) is 5.75 Å². The fraction of sp³-hybridized carbons (Fsp3) is 0.778. The van der Waals surface area contributed by atoms with Gasteiger partial charge in [0.05, 0.1) is 6.04 Å². The lowest BCUT2D eigenvalue weighted by atomic mass is 10.1. The minimum absolute atomic E-state index is 0.0175. The van der Waals surface area contributed by atoms with Crippen molar-refractivity contribution in [2.75, 3.05) is 18.6 Å². The van der Waals surface area contributed by atoms with E-state index in [4.69, 9.17) is 15.9 Å². The molecule has 0 aromatic heterocycles. The summed E-state index contributed by atoms with van der Waals surface area (Å²) >= 11 is 1.57. The van der Waals surface area contributed by atoms with Gasteiger partial charge in [-0.3, -0.25) is 4.79 Å². The summed E-state index contributed by atoms with van der Waals surface area (Å²) in [7, 11) is 0. The Hall–Kier alpha value is -0.790.